The molecule has 0 radical (unpaired) electrons. The van der Waals surface area contributed by atoms with Gasteiger partial charge in [0.2, 0.25) is 17.7 Å². The molecule has 0 aliphatic rings. The Morgan fingerprint density at radius 1 is 1.04 bits per heavy atom. The van der Waals surface area contributed by atoms with Gasteiger partial charge in [-0.15, -0.1) is 0 Å². The highest BCUT2D eigenvalue weighted by molar-refractivity contribution is 7.80. The Balaban J connectivity index is 4.55. The van der Waals surface area contributed by atoms with Crippen LogP contribution in [0.15, 0.2) is 0 Å². The fraction of sp³-hybridized carbons (Fsp3) is 0.714. The minimum absolute atomic E-state index is 0.0233. The van der Waals surface area contributed by atoms with Gasteiger partial charge in [-0.3, -0.25) is 19.2 Å². The molecule has 6 N–H and O–H groups in total. The smallest absolute Gasteiger partial charge is 0.322 e. The van der Waals surface area contributed by atoms with Crippen LogP contribution in [0, 0.1) is 5.92 Å². The van der Waals surface area contributed by atoms with Crippen LogP contribution < -0.4 is 21.7 Å². The van der Waals surface area contributed by atoms with Crippen molar-refractivity contribution in [2.45, 2.75) is 45.3 Å². The molecule has 0 aliphatic carbocycles. The van der Waals surface area contributed by atoms with Gasteiger partial charge in [0.15, 0.2) is 0 Å². The molecule has 3 unspecified atom stereocenters. The summed E-state index contributed by atoms with van der Waals surface area (Å²) >= 11 is 4.02. The Kier molecular flexibility index (Phi) is 10.0. The molecular weight excluding hydrogens is 336 g/mol. The minimum atomic E-state index is -1.19. The molecule has 138 valence electrons. The number of nitrogens with one attached hydrogen (secondary N) is 3. The second-order valence-corrected chi connectivity index (χ2v) is 6.19. The number of carbonyl (C=O) groups excluding carboxylic acids is 3. The number of aliphatic carboxylic acids is 1. The quantitative estimate of drug-likeness (QED) is 0.260. The van der Waals surface area contributed by atoms with Crippen molar-refractivity contribution in [1.82, 2.24) is 16.0 Å². The van der Waals surface area contributed by atoms with Crippen molar-refractivity contribution < 1.29 is 24.3 Å². The molecule has 0 aliphatic heterocycles. The van der Waals surface area contributed by atoms with Gasteiger partial charge in [0, 0.05) is 5.75 Å². The molecule has 0 aromatic carbocycles. The van der Waals surface area contributed by atoms with Crippen molar-refractivity contribution in [3.8, 4) is 0 Å². The molecule has 0 bridgehead atoms. The standard InChI is InChI=1S/C14H26N4O5S/c1-7(2)4-9(15)13(22)18-10(6-24)14(23)17-8(3)12(21)16-5-11(19)20/h7-10,24H,4-6,15H2,1-3H3,(H,16,21)(H,17,23)(H,18,22)(H,19,20). The normalized spacial score (nSPS) is 14.4. The number of amides is 3. The molecule has 3 atom stereocenters. The number of hydrogen-bond donors (Lipinski definition) is 6. The van der Waals surface area contributed by atoms with E-state index in [0.29, 0.717) is 6.42 Å². The monoisotopic (exact) mass is 362 g/mol. The highest BCUT2D eigenvalue weighted by atomic mass is 32.1. The molecule has 3 amide bonds. The summed E-state index contributed by atoms with van der Waals surface area (Å²) in [6.45, 7) is 4.70. The summed E-state index contributed by atoms with van der Waals surface area (Å²) in [5.74, 6) is -2.66. The van der Waals surface area contributed by atoms with E-state index in [9.17, 15) is 19.2 Å². The maximum Gasteiger partial charge on any atom is 0.322 e. The fourth-order valence-corrected chi connectivity index (χ4v) is 2.04. The molecule has 0 heterocycles. The van der Waals surface area contributed by atoms with E-state index in [2.05, 4.69) is 28.6 Å². The second-order valence-electron chi connectivity index (χ2n) is 5.82. The number of thiol groups is 1. The molecule has 0 saturated heterocycles. The molecule has 0 saturated carbocycles. The summed E-state index contributed by atoms with van der Waals surface area (Å²) in [6.07, 6.45) is 0.473. The molecule has 0 aromatic heterocycles. The number of carbonyl (C=O) groups is 4. The Morgan fingerprint density at radius 3 is 2.08 bits per heavy atom. The average Bonchev–Trinajstić information content (AvgIpc) is 2.48. The van der Waals surface area contributed by atoms with Gasteiger partial charge in [-0.2, -0.15) is 12.6 Å². The molecule has 0 aromatic rings. The molecule has 10 heteroatoms. The lowest BCUT2D eigenvalue weighted by molar-refractivity contribution is -0.138. The van der Waals surface area contributed by atoms with Crippen LogP contribution in [0.25, 0.3) is 0 Å². The number of rotatable bonds is 10. The van der Waals surface area contributed by atoms with Crippen LogP contribution in [0.2, 0.25) is 0 Å². The highest BCUT2D eigenvalue weighted by Gasteiger charge is 2.25. The van der Waals surface area contributed by atoms with E-state index in [1.54, 1.807) is 0 Å². The zero-order valence-corrected chi connectivity index (χ0v) is 14.9. The van der Waals surface area contributed by atoms with Crippen LogP contribution in [0.4, 0.5) is 0 Å². The summed E-state index contributed by atoms with van der Waals surface area (Å²) in [6, 6.07) is -2.65. The van der Waals surface area contributed by atoms with Crippen LogP contribution >= 0.6 is 12.6 Å². The average molecular weight is 362 g/mol. The fourth-order valence-electron chi connectivity index (χ4n) is 1.78. The molecule has 9 nitrogen and oxygen atoms in total. The number of hydrogen-bond acceptors (Lipinski definition) is 6. The van der Waals surface area contributed by atoms with Crippen molar-refractivity contribution >= 4 is 36.3 Å². The van der Waals surface area contributed by atoms with E-state index in [1.165, 1.54) is 6.92 Å². The Labute approximate surface area is 146 Å². The highest BCUT2D eigenvalue weighted by Crippen LogP contribution is 2.03. The van der Waals surface area contributed by atoms with Crippen LogP contribution in [-0.4, -0.2) is 59.2 Å². The van der Waals surface area contributed by atoms with Crippen molar-refractivity contribution in [1.29, 1.82) is 0 Å². The first-order valence-corrected chi connectivity index (χ1v) is 8.18. The van der Waals surface area contributed by atoms with E-state index in [1.807, 2.05) is 13.8 Å². The van der Waals surface area contributed by atoms with Gasteiger partial charge in [0.25, 0.3) is 0 Å². The Bertz CT molecular complexity index is 472. The summed E-state index contributed by atoms with van der Waals surface area (Å²) in [7, 11) is 0. The zero-order valence-electron chi connectivity index (χ0n) is 14.0. The lowest BCUT2D eigenvalue weighted by Gasteiger charge is -2.21. The van der Waals surface area contributed by atoms with Crippen LogP contribution in [0.1, 0.15) is 27.2 Å². The summed E-state index contributed by atoms with van der Waals surface area (Å²) < 4.78 is 0. The van der Waals surface area contributed by atoms with E-state index >= 15 is 0 Å². The SMILES string of the molecule is CC(C)CC(N)C(=O)NC(CS)C(=O)NC(C)C(=O)NCC(=O)O. The van der Waals surface area contributed by atoms with Crippen molar-refractivity contribution in [2.75, 3.05) is 12.3 Å². The summed E-state index contributed by atoms with van der Waals surface area (Å²) in [5, 5.41) is 15.5. The largest absolute Gasteiger partial charge is 0.480 e. The lowest BCUT2D eigenvalue weighted by Crippen LogP contribution is -2.56. The van der Waals surface area contributed by atoms with Gasteiger partial charge in [0.1, 0.15) is 18.6 Å². The van der Waals surface area contributed by atoms with Gasteiger partial charge < -0.3 is 26.8 Å². The summed E-state index contributed by atoms with van der Waals surface area (Å²) in [4.78, 5) is 46.1. The topological polar surface area (TPSA) is 151 Å². The maximum atomic E-state index is 12.1. The van der Waals surface area contributed by atoms with Gasteiger partial charge >= 0.3 is 5.97 Å². The zero-order chi connectivity index (χ0) is 18.9. The first-order chi connectivity index (χ1) is 11.1. The van der Waals surface area contributed by atoms with Crippen LogP contribution in [0.3, 0.4) is 0 Å². The molecular formula is C14H26N4O5S. The van der Waals surface area contributed by atoms with E-state index in [0.717, 1.165) is 0 Å². The second kappa shape index (κ2) is 10.9. The van der Waals surface area contributed by atoms with E-state index in [4.69, 9.17) is 10.8 Å². The molecule has 0 rings (SSSR count). The third-order valence-electron chi connectivity index (χ3n) is 3.04. The van der Waals surface area contributed by atoms with Gasteiger partial charge in [0.05, 0.1) is 6.04 Å². The number of carboxylic acid groups (broad SMARTS) is 1. The van der Waals surface area contributed by atoms with Crippen molar-refractivity contribution in [3.63, 3.8) is 0 Å². The molecule has 0 fully saturated rings. The Morgan fingerprint density at radius 2 is 1.62 bits per heavy atom. The van der Waals surface area contributed by atoms with Gasteiger partial charge in [-0.25, -0.2) is 0 Å². The maximum absolute atomic E-state index is 12.1. The lowest BCUT2D eigenvalue weighted by atomic mass is 10.0. The summed E-state index contributed by atoms with van der Waals surface area (Å²) in [5.41, 5.74) is 5.75. The number of carboxylic acids is 1. The first kappa shape index (κ1) is 22.2. The van der Waals surface area contributed by atoms with E-state index in [-0.39, 0.29) is 11.7 Å². The van der Waals surface area contributed by atoms with Gasteiger partial charge in [-0.05, 0) is 19.3 Å². The van der Waals surface area contributed by atoms with Crippen molar-refractivity contribution in [2.24, 2.45) is 11.7 Å². The molecule has 24 heavy (non-hydrogen) atoms. The van der Waals surface area contributed by atoms with Crippen LogP contribution in [0.5, 0.6) is 0 Å². The predicted molar refractivity (Wildman–Crippen MR) is 91.5 cm³/mol. The van der Waals surface area contributed by atoms with Crippen LogP contribution in [-0.2, 0) is 19.2 Å². The first-order valence-electron chi connectivity index (χ1n) is 7.55. The third-order valence-corrected chi connectivity index (χ3v) is 3.41. The van der Waals surface area contributed by atoms with Gasteiger partial charge in [-0.1, -0.05) is 13.8 Å². The minimum Gasteiger partial charge on any atom is -0.480 e. The number of nitrogens with two attached hydrogens (primary N) is 1. The van der Waals surface area contributed by atoms with E-state index < -0.39 is 48.4 Å². The third kappa shape index (κ3) is 8.73. The molecule has 0 spiro atoms. The predicted octanol–water partition coefficient (Wildman–Crippen LogP) is -1.52. The Hall–Kier alpha value is -1.81. The van der Waals surface area contributed by atoms with Crippen molar-refractivity contribution in [3.05, 3.63) is 0 Å².